The molecular weight excluding hydrogens is 364 g/mol. The second-order valence-corrected chi connectivity index (χ2v) is 8.39. The molecule has 2 aliphatic carbocycles. The van der Waals surface area contributed by atoms with Crippen LogP contribution in [0.25, 0.3) is 22.3 Å². The normalized spacial score (nSPS) is 13.6. The number of hydrogen-bond acceptors (Lipinski definition) is 1. The van der Waals surface area contributed by atoms with Crippen molar-refractivity contribution in [1.82, 2.24) is 0 Å². The molecule has 0 saturated carbocycles. The first kappa shape index (κ1) is 17.4. The predicted octanol–water partition coefficient (Wildman–Crippen LogP) is 6.45. The van der Waals surface area contributed by atoms with E-state index in [0.29, 0.717) is 0 Å². The molecule has 0 aromatic heterocycles. The van der Waals surface area contributed by atoms with E-state index in [4.69, 9.17) is 0 Å². The molecule has 0 atom stereocenters. The number of fused-ring (bicyclic) bond motifs is 6. The van der Waals surface area contributed by atoms with E-state index >= 15 is 0 Å². The van der Waals surface area contributed by atoms with Crippen LogP contribution in [0.15, 0.2) is 84.9 Å². The summed E-state index contributed by atoms with van der Waals surface area (Å²) in [6.45, 7) is 0. The zero-order chi connectivity index (χ0) is 20.1. The molecule has 30 heavy (non-hydrogen) atoms. The second kappa shape index (κ2) is 6.81. The lowest BCUT2D eigenvalue weighted by atomic mass is 9.83. The molecule has 6 rings (SSSR count). The molecule has 0 N–H and O–H groups in total. The Hall–Kier alpha value is -3.45. The van der Waals surface area contributed by atoms with E-state index in [2.05, 4.69) is 72.8 Å². The highest BCUT2D eigenvalue weighted by Gasteiger charge is 2.20. The second-order valence-electron chi connectivity index (χ2n) is 8.39. The highest BCUT2D eigenvalue weighted by Crippen LogP contribution is 2.36. The molecule has 144 valence electrons. The summed E-state index contributed by atoms with van der Waals surface area (Å²) in [7, 11) is 0. The average Bonchev–Trinajstić information content (AvgIpc) is 2.82. The third-order valence-corrected chi connectivity index (χ3v) is 6.68. The molecule has 0 unspecified atom stereocenters. The fraction of sp³-hybridized carbons (Fsp3) is 0.138. The summed E-state index contributed by atoms with van der Waals surface area (Å²) in [5.41, 5.74) is 12.1. The average molecular weight is 386 g/mol. The lowest BCUT2D eigenvalue weighted by Gasteiger charge is -2.21. The van der Waals surface area contributed by atoms with Crippen LogP contribution in [0.1, 0.15) is 38.2 Å². The monoisotopic (exact) mass is 386 g/mol. The van der Waals surface area contributed by atoms with Crippen LogP contribution in [-0.4, -0.2) is 5.78 Å². The quantitative estimate of drug-likeness (QED) is 0.362. The molecule has 1 heteroatoms. The maximum Gasteiger partial charge on any atom is 0.193 e. The largest absolute Gasteiger partial charge is 0.289 e. The van der Waals surface area contributed by atoms with Crippen molar-refractivity contribution in [2.75, 3.05) is 0 Å². The summed E-state index contributed by atoms with van der Waals surface area (Å²) in [4.78, 5) is 13.3. The van der Waals surface area contributed by atoms with E-state index in [1.165, 1.54) is 44.5 Å². The summed E-state index contributed by atoms with van der Waals surface area (Å²) >= 11 is 0. The molecule has 0 radical (unpaired) electrons. The Balaban J connectivity index is 1.36. The van der Waals surface area contributed by atoms with Crippen LogP contribution in [-0.2, 0) is 25.7 Å². The van der Waals surface area contributed by atoms with Gasteiger partial charge in [0.25, 0.3) is 0 Å². The van der Waals surface area contributed by atoms with E-state index in [-0.39, 0.29) is 5.78 Å². The van der Waals surface area contributed by atoms with E-state index in [0.717, 1.165) is 36.8 Å². The van der Waals surface area contributed by atoms with Gasteiger partial charge in [-0.2, -0.15) is 0 Å². The van der Waals surface area contributed by atoms with Gasteiger partial charge in [0.2, 0.25) is 0 Å². The fourth-order valence-corrected chi connectivity index (χ4v) is 5.12. The maximum atomic E-state index is 13.3. The minimum absolute atomic E-state index is 0.123. The van der Waals surface area contributed by atoms with Crippen LogP contribution < -0.4 is 0 Å². The zero-order valence-corrected chi connectivity index (χ0v) is 16.8. The smallest absolute Gasteiger partial charge is 0.193 e. The van der Waals surface area contributed by atoms with Crippen molar-refractivity contribution in [3.05, 3.63) is 118 Å². The number of rotatable bonds is 2. The number of carbonyl (C=O) groups excluding carboxylic acids is 1. The van der Waals surface area contributed by atoms with Crippen molar-refractivity contribution in [3.63, 3.8) is 0 Å². The van der Waals surface area contributed by atoms with Gasteiger partial charge in [0, 0.05) is 11.1 Å². The summed E-state index contributed by atoms with van der Waals surface area (Å²) in [6.07, 6.45) is 4.07. The standard InChI is InChI=1S/C29H22O/c30-29(23-13-15-27-21(17-23)11-9-19-5-1-3-7-25(19)27)24-14-16-28-22(18-24)12-10-20-6-2-4-8-26(20)28/h1-8,13-18H,9-12H2. The van der Waals surface area contributed by atoms with Crippen LogP contribution in [0.3, 0.4) is 0 Å². The van der Waals surface area contributed by atoms with Crippen LogP contribution in [0.5, 0.6) is 0 Å². The van der Waals surface area contributed by atoms with Crippen LogP contribution in [0.4, 0.5) is 0 Å². The molecule has 1 nitrogen and oxygen atoms in total. The molecular formula is C29H22O. The Bertz CT molecular complexity index is 1210. The van der Waals surface area contributed by atoms with Crippen molar-refractivity contribution in [3.8, 4) is 22.3 Å². The highest BCUT2D eigenvalue weighted by atomic mass is 16.1. The minimum atomic E-state index is 0.123. The van der Waals surface area contributed by atoms with E-state index in [1.54, 1.807) is 0 Å². The van der Waals surface area contributed by atoms with Gasteiger partial charge in [-0.1, -0.05) is 72.8 Å². The molecule has 0 heterocycles. The van der Waals surface area contributed by atoms with Gasteiger partial charge in [-0.25, -0.2) is 0 Å². The van der Waals surface area contributed by atoms with Crippen molar-refractivity contribution in [2.24, 2.45) is 0 Å². The third kappa shape index (κ3) is 2.74. The van der Waals surface area contributed by atoms with Gasteiger partial charge in [-0.15, -0.1) is 0 Å². The first-order valence-electron chi connectivity index (χ1n) is 10.7. The van der Waals surface area contributed by atoms with E-state index in [9.17, 15) is 4.79 Å². The summed E-state index contributed by atoms with van der Waals surface area (Å²) < 4.78 is 0. The first-order valence-corrected chi connectivity index (χ1v) is 10.7. The lowest BCUT2D eigenvalue weighted by molar-refractivity contribution is 0.103. The van der Waals surface area contributed by atoms with Crippen LogP contribution >= 0.6 is 0 Å². The van der Waals surface area contributed by atoms with Gasteiger partial charge in [0.15, 0.2) is 5.78 Å². The molecule has 0 aliphatic heterocycles. The Morgan fingerprint density at radius 1 is 0.467 bits per heavy atom. The molecule has 0 spiro atoms. The van der Waals surface area contributed by atoms with Gasteiger partial charge in [0.05, 0.1) is 0 Å². The van der Waals surface area contributed by atoms with Crippen molar-refractivity contribution < 1.29 is 4.79 Å². The van der Waals surface area contributed by atoms with Gasteiger partial charge in [0.1, 0.15) is 0 Å². The van der Waals surface area contributed by atoms with Gasteiger partial charge < -0.3 is 0 Å². The highest BCUT2D eigenvalue weighted by molar-refractivity contribution is 6.09. The summed E-state index contributed by atoms with van der Waals surface area (Å²) in [6, 6.07) is 29.7. The fourth-order valence-electron chi connectivity index (χ4n) is 5.12. The molecule has 0 amide bonds. The topological polar surface area (TPSA) is 17.1 Å². The Morgan fingerprint density at radius 2 is 0.867 bits per heavy atom. The van der Waals surface area contributed by atoms with E-state index in [1.807, 2.05) is 12.1 Å². The van der Waals surface area contributed by atoms with Crippen molar-refractivity contribution in [1.29, 1.82) is 0 Å². The lowest BCUT2D eigenvalue weighted by Crippen LogP contribution is -2.09. The first-order chi connectivity index (χ1) is 14.8. The molecule has 4 aromatic rings. The van der Waals surface area contributed by atoms with Crippen molar-refractivity contribution in [2.45, 2.75) is 25.7 Å². The van der Waals surface area contributed by atoms with Gasteiger partial charge in [-0.05, 0) is 82.3 Å². The van der Waals surface area contributed by atoms with Crippen LogP contribution in [0.2, 0.25) is 0 Å². The third-order valence-electron chi connectivity index (χ3n) is 6.68. The molecule has 2 aliphatic rings. The number of carbonyl (C=O) groups is 1. The Kier molecular flexibility index (Phi) is 3.95. The zero-order valence-electron chi connectivity index (χ0n) is 16.8. The van der Waals surface area contributed by atoms with Crippen LogP contribution in [0, 0.1) is 0 Å². The Labute approximate surface area is 177 Å². The number of benzene rings is 4. The maximum absolute atomic E-state index is 13.3. The predicted molar refractivity (Wildman–Crippen MR) is 122 cm³/mol. The van der Waals surface area contributed by atoms with Crippen molar-refractivity contribution >= 4 is 5.78 Å². The number of ketones is 1. The van der Waals surface area contributed by atoms with E-state index < -0.39 is 0 Å². The van der Waals surface area contributed by atoms with Gasteiger partial charge >= 0.3 is 0 Å². The van der Waals surface area contributed by atoms with Gasteiger partial charge in [-0.3, -0.25) is 4.79 Å². The minimum Gasteiger partial charge on any atom is -0.289 e. The SMILES string of the molecule is O=C(c1ccc2c(c1)CCc1ccccc1-2)c1ccc2c(c1)CCc1ccccc1-2. The Morgan fingerprint density at radius 3 is 1.37 bits per heavy atom. The molecule has 0 fully saturated rings. The summed E-state index contributed by atoms with van der Waals surface area (Å²) in [5, 5.41) is 0. The number of aryl methyl sites for hydroxylation is 4. The summed E-state index contributed by atoms with van der Waals surface area (Å²) in [5.74, 6) is 0.123. The molecule has 4 aromatic carbocycles. The molecule has 0 saturated heterocycles. The number of hydrogen-bond donors (Lipinski definition) is 0. The molecule has 0 bridgehead atoms.